The van der Waals surface area contributed by atoms with E-state index >= 15 is 0 Å². The molecule has 1 atom stereocenters. The average molecular weight is 350 g/mol. The van der Waals surface area contributed by atoms with Gasteiger partial charge in [0.25, 0.3) is 0 Å². The van der Waals surface area contributed by atoms with Crippen molar-refractivity contribution >= 4 is 23.6 Å². The highest BCUT2D eigenvalue weighted by Crippen LogP contribution is 2.30. The second-order valence-corrected chi connectivity index (χ2v) is 6.52. The van der Waals surface area contributed by atoms with Gasteiger partial charge in [0, 0.05) is 11.1 Å². The van der Waals surface area contributed by atoms with Gasteiger partial charge in [0.2, 0.25) is 0 Å². The number of benzene rings is 2. The van der Waals surface area contributed by atoms with Gasteiger partial charge < -0.3 is 0 Å². The SMILES string of the molecule is CCCC[C@@H]1N=C(c2ccccc2F)c2cc(C)ccc2N(C=N)C1=N. The van der Waals surface area contributed by atoms with Gasteiger partial charge in [0.1, 0.15) is 17.7 Å². The molecule has 1 aliphatic heterocycles. The van der Waals surface area contributed by atoms with Crippen molar-refractivity contribution in [3.05, 3.63) is 65.0 Å². The molecule has 0 bridgehead atoms. The fraction of sp³-hybridized carbons (Fsp3) is 0.286. The monoisotopic (exact) mass is 350 g/mol. The van der Waals surface area contributed by atoms with Crippen molar-refractivity contribution in [2.24, 2.45) is 4.99 Å². The summed E-state index contributed by atoms with van der Waals surface area (Å²) in [6, 6.07) is 12.0. The maximum Gasteiger partial charge on any atom is 0.132 e. The van der Waals surface area contributed by atoms with Crippen LogP contribution in [0.15, 0.2) is 47.5 Å². The molecule has 0 radical (unpaired) electrons. The molecule has 0 unspecified atom stereocenters. The first-order valence-electron chi connectivity index (χ1n) is 8.88. The molecule has 0 fully saturated rings. The van der Waals surface area contributed by atoms with Crippen LogP contribution in [0.1, 0.15) is 42.9 Å². The van der Waals surface area contributed by atoms with Crippen LogP contribution in [0.2, 0.25) is 0 Å². The van der Waals surface area contributed by atoms with E-state index in [1.165, 1.54) is 6.07 Å². The number of amidine groups is 1. The van der Waals surface area contributed by atoms with Gasteiger partial charge in [0.05, 0.1) is 17.7 Å². The van der Waals surface area contributed by atoms with Crippen LogP contribution in [0.3, 0.4) is 0 Å². The molecular weight excluding hydrogens is 327 g/mol. The van der Waals surface area contributed by atoms with Gasteiger partial charge in [-0.1, -0.05) is 43.5 Å². The van der Waals surface area contributed by atoms with E-state index in [1.54, 1.807) is 23.1 Å². The summed E-state index contributed by atoms with van der Waals surface area (Å²) in [5.74, 6) is -0.0762. The Morgan fingerprint density at radius 1 is 1.19 bits per heavy atom. The minimum Gasteiger partial charge on any atom is -0.291 e. The molecule has 4 nitrogen and oxygen atoms in total. The number of unbranched alkanes of at least 4 members (excludes halogenated alkanes) is 1. The molecule has 1 aliphatic rings. The van der Waals surface area contributed by atoms with E-state index < -0.39 is 6.04 Å². The zero-order valence-electron chi connectivity index (χ0n) is 15.1. The van der Waals surface area contributed by atoms with Gasteiger partial charge in [-0.15, -0.1) is 0 Å². The molecule has 2 aromatic rings. The standard InChI is InChI=1S/C21H23FN4/c1-3-4-9-18-21(24)26(13-23)19-11-10-14(2)12-16(19)20(25-18)15-7-5-6-8-17(15)22/h5-8,10-13,18,23-24H,3-4,9H2,1-2H3/t18-/m0/s1. The molecule has 134 valence electrons. The minimum absolute atomic E-state index is 0.255. The number of halogens is 1. The van der Waals surface area contributed by atoms with Gasteiger partial charge >= 0.3 is 0 Å². The summed E-state index contributed by atoms with van der Waals surface area (Å²) in [5.41, 5.74) is 3.45. The molecule has 0 aliphatic carbocycles. The summed E-state index contributed by atoms with van der Waals surface area (Å²) >= 11 is 0. The Kier molecular flexibility index (Phi) is 5.26. The third-order valence-corrected chi connectivity index (χ3v) is 4.62. The maximum absolute atomic E-state index is 14.6. The fourth-order valence-corrected chi connectivity index (χ4v) is 3.23. The molecule has 0 saturated heterocycles. The molecule has 5 heteroatoms. The van der Waals surface area contributed by atoms with Crippen molar-refractivity contribution in [2.75, 3.05) is 4.90 Å². The number of benzodiazepines with no additional fused rings is 1. The molecule has 0 spiro atoms. The van der Waals surface area contributed by atoms with Crippen molar-refractivity contribution in [2.45, 2.75) is 39.2 Å². The molecule has 2 N–H and O–H groups in total. The molecule has 2 aromatic carbocycles. The lowest BCUT2D eigenvalue weighted by Gasteiger charge is -2.23. The van der Waals surface area contributed by atoms with E-state index in [0.29, 0.717) is 23.4 Å². The summed E-state index contributed by atoms with van der Waals surface area (Å²) in [4.78, 5) is 6.36. The van der Waals surface area contributed by atoms with E-state index in [4.69, 9.17) is 15.8 Å². The number of aliphatic imine (C=N–C) groups is 1. The van der Waals surface area contributed by atoms with E-state index in [1.807, 2.05) is 25.1 Å². The number of aryl methyl sites for hydroxylation is 1. The number of hydrogen-bond donors (Lipinski definition) is 2. The summed E-state index contributed by atoms with van der Waals surface area (Å²) < 4.78 is 14.6. The van der Waals surface area contributed by atoms with Crippen LogP contribution in [0.25, 0.3) is 0 Å². The van der Waals surface area contributed by atoms with Crippen molar-refractivity contribution in [1.29, 1.82) is 10.8 Å². The van der Waals surface area contributed by atoms with E-state index in [9.17, 15) is 4.39 Å². The molecule has 0 amide bonds. The fourth-order valence-electron chi connectivity index (χ4n) is 3.23. The van der Waals surface area contributed by atoms with Crippen molar-refractivity contribution in [3.63, 3.8) is 0 Å². The Morgan fingerprint density at radius 3 is 2.65 bits per heavy atom. The van der Waals surface area contributed by atoms with Crippen LogP contribution in [0.5, 0.6) is 0 Å². The maximum atomic E-state index is 14.6. The predicted octanol–water partition coefficient (Wildman–Crippen LogP) is 4.93. The quantitative estimate of drug-likeness (QED) is 0.582. The molecular formula is C21H23FN4. The smallest absolute Gasteiger partial charge is 0.132 e. The highest BCUT2D eigenvalue weighted by Gasteiger charge is 2.29. The van der Waals surface area contributed by atoms with E-state index in [0.717, 1.165) is 30.3 Å². The van der Waals surface area contributed by atoms with Crippen LogP contribution in [0, 0.1) is 23.6 Å². The highest BCUT2D eigenvalue weighted by molar-refractivity contribution is 6.24. The van der Waals surface area contributed by atoms with Crippen LogP contribution in [0.4, 0.5) is 10.1 Å². The Hall–Kier alpha value is -2.82. The summed E-state index contributed by atoms with van der Waals surface area (Å²) in [6.45, 7) is 4.06. The van der Waals surface area contributed by atoms with Crippen LogP contribution < -0.4 is 4.90 Å². The Bertz CT molecular complexity index is 872. The summed E-state index contributed by atoms with van der Waals surface area (Å²) in [5, 5.41) is 16.4. The van der Waals surface area contributed by atoms with E-state index in [2.05, 4.69) is 6.92 Å². The molecule has 26 heavy (non-hydrogen) atoms. The summed E-state index contributed by atoms with van der Waals surface area (Å²) in [7, 11) is 0. The number of hydrogen-bond acceptors (Lipinski definition) is 3. The first kappa shape index (κ1) is 18.0. The van der Waals surface area contributed by atoms with Gasteiger partial charge in [-0.25, -0.2) is 4.39 Å². The third kappa shape index (κ3) is 3.29. The number of fused-ring (bicyclic) bond motifs is 1. The van der Waals surface area contributed by atoms with Gasteiger partial charge in [-0.3, -0.25) is 20.7 Å². The topological polar surface area (TPSA) is 63.3 Å². The van der Waals surface area contributed by atoms with Crippen LogP contribution >= 0.6 is 0 Å². The zero-order valence-corrected chi connectivity index (χ0v) is 15.1. The molecule has 3 rings (SSSR count). The van der Waals surface area contributed by atoms with Gasteiger partial charge in [-0.2, -0.15) is 0 Å². The lowest BCUT2D eigenvalue weighted by atomic mass is 9.98. The van der Waals surface area contributed by atoms with E-state index in [-0.39, 0.29) is 11.7 Å². The Labute approximate surface area is 153 Å². The van der Waals surface area contributed by atoms with Crippen molar-refractivity contribution in [1.82, 2.24) is 0 Å². The predicted molar refractivity (Wildman–Crippen MR) is 106 cm³/mol. The normalized spacial score (nSPS) is 16.7. The Morgan fingerprint density at radius 2 is 1.96 bits per heavy atom. The second-order valence-electron chi connectivity index (χ2n) is 6.52. The summed E-state index contributed by atoms with van der Waals surface area (Å²) in [6.07, 6.45) is 3.76. The Balaban J connectivity index is 2.26. The van der Waals surface area contributed by atoms with Crippen LogP contribution in [-0.4, -0.2) is 23.9 Å². The first-order valence-corrected chi connectivity index (χ1v) is 8.88. The van der Waals surface area contributed by atoms with Gasteiger partial charge in [-0.05, 0) is 37.6 Å². The largest absolute Gasteiger partial charge is 0.291 e. The third-order valence-electron chi connectivity index (χ3n) is 4.62. The minimum atomic E-state index is -0.404. The van der Waals surface area contributed by atoms with Crippen molar-refractivity contribution in [3.8, 4) is 0 Å². The lowest BCUT2D eigenvalue weighted by molar-refractivity contribution is 0.624. The molecule has 0 aromatic heterocycles. The molecule has 1 heterocycles. The highest BCUT2D eigenvalue weighted by atomic mass is 19.1. The zero-order chi connectivity index (χ0) is 18.7. The number of nitrogens with zero attached hydrogens (tertiary/aromatic N) is 2. The number of rotatable bonds is 5. The number of nitrogens with one attached hydrogen (secondary N) is 2. The van der Waals surface area contributed by atoms with Gasteiger partial charge in [0.15, 0.2) is 0 Å². The lowest BCUT2D eigenvalue weighted by Crippen LogP contribution is -2.36. The second kappa shape index (κ2) is 7.60. The molecule has 0 saturated carbocycles. The van der Waals surface area contributed by atoms with Crippen molar-refractivity contribution < 1.29 is 4.39 Å². The van der Waals surface area contributed by atoms with Crippen LogP contribution in [-0.2, 0) is 0 Å². The number of anilines is 1. The first-order chi connectivity index (χ1) is 12.6. The average Bonchev–Trinajstić information content (AvgIpc) is 2.75.